The summed E-state index contributed by atoms with van der Waals surface area (Å²) in [7, 11) is -2.50. The van der Waals surface area contributed by atoms with Crippen molar-refractivity contribution in [3.63, 3.8) is 0 Å². The van der Waals surface area contributed by atoms with E-state index in [1.807, 2.05) is 68.4 Å². The predicted molar refractivity (Wildman–Crippen MR) is 162 cm³/mol. The molecule has 2 amide bonds. The topological polar surface area (TPSA) is 86.8 Å². The molecule has 4 rings (SSSR count). The summed E-state index contributed by atoms with van der Waals surface area (Å²) in [6.07, 6.45) is 5.48. The van der Waals surface area contributed by atoms with E-state index in [9.17, 15) is 18.0 Å². The van der Waals surface area contributed by atoms with Crippen molar-refractivity contribution in [2.24, 2.45) is 0 Å². The summed E-state index contributed by atoms with van der Waals surface area (Å²) >= 11 is 0. The molecule has 1 aliphatic carbocycles. The summed E-state index contributed by atoms with van der Waals surface area (Å²) in [4.78, 5) is 29.6. The van der Waals surface area contributed by atoms with Crippen LogP contribution in [-0.2, 0) is 32.6 Å². The van der Waals surface area contributed by atoms with Crippen LogP contribution < -0.4 is 5.32 Å². The molecule has 1 saturated carbocycles. The standard InChI is InChI=1S/C33H41N3O4S/c1-25-14-18-28(19-15-25)23-36(32(37)24-35(3)41(39,40)30-20-16-26(2)17-21-30)31(22-27-10-6-4-7-11-27)33(38)34-29-12-8-5-9-13-29/h4,6-7,10-11,14-21,29,31H,5,8-9,12-13,22-24H2,1-3H3,(H,34,38). The van der Waals surface area contributed by atoms with Crippen molar-refractivity contribution in [2.45, 2.75) is 75.9 Å². The van der Waals surface area contributed by atoms with Gasteiger partial charge in [0.25, 0.3) is 0 Å². The van der Waals surface area contributed by atoms with Crippen LogP contribution in [0.1, 0.15) is 54.4 Å². The SMILES string of the molecule is Cc1ccc(CN(C(=O)CN(C)S(=O)(=O)c2ccc(C)cc2)C(Cc2ccccc2)C(=O)NC2CCCCC2)cc1. The number of benzene rings is 3. The van der Waals surface area contributed by atoms with Crippen LogP contribution in [0.25, 0.3) is 0 Å². The Hall–Kier alpha value is -3.49. The Kier molecular flexibility index (Phi) is 10.3. The van der Waals surface area contributed by atoms with Gasteiger partial charge in [0.15, 0.2) is 0 Å². The van der Waals surface area contributed by atoms with Crippen molar-refractivity contribution in [1.29, 1.82) is 0 Å². The summed E-state index contributed by atoms with van der Waals surface area (Å²) in [5, 5.41) is 3.22. The molecular weight excluding hydrogens is 534 g/mol. The smallest absolute Gasteiger partial charge is 0.243 e. The van der Waals surface area contributed by atoms with Gasteiger partial charge in [0, 0.05) is 26.1 Å². The number of aryl methyl sites for hydroxylation is 2. The highest BCUT2D eigenvalue weighted by Crippen LogP contribution is 2.21. The van der Waals surface area contributed by atoms with Gasteiger partial charge in [0.1, 0.15) is 6.04 Å². The summed E-state index contributed by atoms with van der Waals surface area (Å²) in [5.41, 5.74) is 3.83. The minimum Gasteiger partial charge on any atom is -0.352 e. The van der Waals surface area contributed by atoms with Crippen LogP contribution in [0.2, 0.25) is 0 Å². The molecule has 7 nitrogen and oxygen atoms in total. The maximum atomic E-state index is 14.0. The Morgan fingerprint density at radius 1 is 0.829 bits per heavy atom. The van der Waals surface area contributed by atoms with Gasteiger partial charge in [0.2, 0.25) is 21.8 Å². The van der Waals surface area contributed by atoms with Gasteiger partial charge in [-0.1, -0.05) is 97.1 Å². The molecule has 3 aromatic carbocycles. The molecule has 218 valence electrons. The number of nitrogens with one attached hydrogen (secondary N) is 1. The third-order valence-electron chi connectivity index (χ3n) is 7.78. The number of hydrogen-bond acceptors (Lipinski definition) is 4. The van der Waals surface area contributed by atoms with E-state index in [1.165, 1.54) is 13.5 Å². The molecule has 1 atom stereocenters. The minimum atomic E-state index is -3.91. The quantitative estimate of drug-likeness (QED) is 0.348. The number of rotatable bonds is 11. The van der Waals surface area contributed by atoms with E-state index >= 15 is 0 Å². The zero-order valence-corrected chi connectivity index (χ0v) is 25.1. The van der Waals surface area contributed by atoms with Crippen LogP contribution >= 0.6 is 0 Å². The van der Waals surface area contributed by atoms with Crippen molar-refractivity contribution < 1.29 is 18.0 Å². The lowest BCUT2D eigenvalue weighted by Crippen LogP contribution is -2.54. The van der Waals surface area contributed by atoms with E-state index in [4.69, 9.17) is 0 Å². The second kappa shape index (κ2) is 13.9. The fourth-order valence-electron chi connectivity index (χ4n) is 5.24. The zero-order valence-electron chi connectivity index (χ0n) is 24.3. The van der Waals surface area contributed by atoms with E-state index in [1.54, 1.807) is 29.2 Å². The minimum absolute atomic E-state index is 0.0791. The Morgan fingerprint density at radius 3 is 2.02 bits per heavy atom. The third kappa shape index (κ3) is 8.27. The summed E-state index contributed by atoms with van der Waals surface area (Å²) in [6, 6.07) is 23.3. The van der Waals surface area contributed by atoms with Crippen LogP contribution in [0.15, 0.2) is 83.8 Å². The number of nitrogens with zero attached hydrogens (tertiary/aromatic N) is 2. The van der Waals surface area contributed by atoms with Gasteiger partial charge >= 0.3 is 0 Å². The molecular formula is C33H41N3O4S. The normalized spacial score (nSPS) is 14.9. The first-order chi connectivity index (χ1) is 19.6. The Morgan fingerprint density at radius 2 is 1.41 bits per heavy atom. The van der Waals surface area contributed by atoms with Gasteiger partial charge in [-0.05, 0) is 49.9 Å². The van der Waals surface area contributed by atoms with Crippen LogP contribution in [0.4, 0.5) is 0 Å². The number of likely N-dealkylation sites (N-methyl/N-ethyl adjacent to an activating group) is 1. The van der Waals surface area contributed by atoms with Crippen LogP contribution in [0, 0.1) is 13.8 Å². The number of amides is 2. The lowest BCUT2D eigenvalue weighted by atomic mass is 9.94. The van der Waals surface area contributed by atoms with Crippen molar-refractivity contribution in [1.82, 2.24) is 14.5 Å². The van der Waals surface area contributed by atoms with E-state index in [0.29, 0.717) is 6.42 Å². The third-order valence-corrected chi connectivity index (χ3v) is 9.60. The lowest BCUT2D eigenvalue weighted by molar-refractivity contribution is -0.141. The molecule has 3 aromatic rings. The zero-order chi connectivity index (χ0) is 29.4. The van der Waals surface area contributed by atoms with Crippen LogP contribution in [0.5, 0.6) is 0 Å². The highest BCUT2D eigenvalue weighted by molar-refractivity contribution is 7.89. The first-order valence-electron chi connectivity index (χ1n) is 14.4. The van der Waals surface area contributed by atoms with Gasteiger partial charge in [-0.3, -0.25) is 9.59 Å². The second-order valence-corrected chi connectivity index (χ2v) is 13.2. The highest BCUT2D eigenvalue weighted by Gasteiger charge is 2.34. The summed E-state index contributed by atoms with van der Waals surface area (Å²) in [5.74, 6) is -0.631. The van der Waals surface area contributed by atoms with Crippen LogP contribution in [0.3, 0.4) is 0 Å². The van der Waals surface area contributed by atoms with Gasteiger partial charge < -0.3 is 10.2 Å². The molecule has 0 aromatic heterocycles. The number of hydrogen-bond donors (Lipinski definition) is 1. The maximum absolute atomic E-state index is 14.0. The number of carbonyl (C=O) groups is 2. The van der Waals surface area contributed by atoms with Gasteiger partial charge in [0.05, 0.1) is 11.4 Å². The molecule has 0 spiro atoms. The monoisotopic (exact) mass is 575 g/mol. The van der Waals surface area contributed by atoms with Crippen molar-refractivity contribution in [3.8, 4) is 0 Å². The highest BCUT2D eigenvalue weighted by atomic mass is 32.2. The Labute approximate surface area is 244 Å². The summed E-state index contributed by atoms with van der Waals surface area (Å²) < 4.78 is 27.7. The Bertz CT molecular complexity index is 1400. The average molecular weight is 576 g/mol. The molecule has 41 heavy (non-hydrogen) atoms. The van der Waals surface area contributed by atoms with Gasteiger partial charge in [-0.2, -0.15) is 4.31 Å². The van der Waals surface area contributed by atoms with Crippen molar-refractivity contribution >= 4 is 21.8 Å². The molecule has 0 bridgehead atoms. The predicted octanol–water partition coefficient (Wildman–Crippen LogP) is 5.01. The second-order valence-electron chi connectivity index (χ2n) is 11.1. The molecule has 1 fully saturated rings. The lowest BCUT2D eigenvalue weighted by Gasteiger charge is -2.34. The van der Waals surface area contributed by atoms with Crippen LogP contribution in [-0.4, -0.2) is 55.1 Å². The number of carbonyl (C=O) groups excluding carboxylic acids is 2. The molecule has 1 aliphatic rings. The fourth-order valence-corrected chi connectivity index (χ4v) is 6.37. The van der Waals surface area contributed by atoms with E-state index in [2.05, 4.69) is 5.32 Å². The fraction of sp³-hybridized carbons (Fsp3) is 0.394. The van der Waals surface area contributed by atoms with Crippen molar-refractivity contribution in [3.05, 3.63) is 101 Å². The Balaban J connectivity index is 1.65. The first kappa shape index (κ1) is 30.5. The molecule has 8 heteroatoms. The molecule has 1 unspecified atom stereocenters. The van der Waals surface area contributed by atoms with E-state index in [-0.39, 0.29) is 29.9 Å². The average Bonchev–Trinajstić information content (AvgIpc) is 2.97. The molecule has 0 aliphatic heterocycles. The molecule has 0 saturated heterocycles. The first-order valence-corrected chi connectivity index (χ1v) is 15.8. The number of sulfonamides is 1. The van der Waals surface area contributed by atoms with Gasteiger partial charge in [-0.25, -0.2) is 8.42 Å². The van der Waals surface area contributed by atoms with Crippen molar-refractivity contribution in [2.75, 3.05) is 13.6 Å². The molecule has 0 radical (unpaired) electrons. The van der Waals surface area contributed by atoms with Gasteiger partial charge in [-0.15, -0.1) is 0 Å². The molecule has 0 heterocycles. The maximum Gasteiger partial charge on any atom is 0.243 e. The van der Waals surface area contributed by atoms with E-state index < -0.39 is 22.0 Å². The molecule has 1 N–H and O–H groups in total. The van der Waals surface area contributed by atoms with E-state index in [0.717, 1.165) is 52.2 Å². The largest absolute Gasteiger partial charge is 0.352 e. The summed E-state index contributed by atoms with van der Waals surface area (Å²) in [6.45, 7) is 3.68.